The second-order valence-electron chi connectivity index (χ2n) is 5.22. The minimum absolute atomic E-state index is 0.137. The van der Waals surface area contributed by atoms with E-state index in [1.165, 1.54) is 0 Å². The Balaban J connectivity index is 2.32. The number of nitrogens with zero attached hydrogens (tertiary/aromatic N) is 1. The van der Waals surface area contributed by atoms with Crippen LogP contribution in [-0.4, -0.2) is 25.8 Å². The quantitative estimate of drug-likeness (QED) is 0.788. The fourth-order valence-corrected chi connectivity index (χ4v) is 3.97. The van der Waals surface area contributed by atoms with Gasteiger partial charge in [-0.25, -0.2) is 8.42 Å². The van der Waals surface area contributed by atoms with Crippen molar-refractivity contribution in [3.63, 3.8) is 0 Å². The second-order valence-corrected chi connectivity index (χ2v) is 7.16. The van der Waals surface area contributed by atoms with Crippen molar-refractivity contribution in [1.29, 1.82) is 0 Å². The number of hydrogen-bond donors (Lipinski definition) is 0. The topological polar surface area (TPSA) is 37.4 Å². The molecule has 0 bridgehead atoms. The van der Waals surface area contributed by atoms with Crippen molar-refractivity contribution in [2.24, 2.45) is 11.3 Å². The summed E-state index contributed by atoms with van der Waals surface area (Å²) >= 11 is 0. The maximum absolute atomic E-state index is 12.5. The van der Waals surface area contributed by atoms with Crippen molar-refractivity contribution in [3.05, 3.63) is 43.0 Å². The van der Waals surface area contributed by atoms with Crippen molar-refractivity contribution in [2.45, 2.75) is 18.7 Å². The SMILES string of the molecule is C=C[C@]1(C)CN(S(=O)(=O)c2ccccc2)C[C@@H]1C. The predicted molar refractivity (Wildman–Crippen MR) is 72.7 cm³/mol. The van der Waals surface area contributed by atoms with Crippen LogP contribution in [-0.2, 0) is 10.0 Å². The van der Waals surface area contributed by atoms with Gasteiger partial charge >= 0.3 is 0 Å². The van der Waals surface area contributed by atoms with Crippen molar-refractivity contribution in [1.82, 2.24) is 4.31 Å². The number of rotatable bonds is 3. The molecule has 0 saturated carbocycles. The Morgan fingerprint density at radius 3 is 2.50 bits per heavy atom. The van der Waals surface area contributed by atoms with E-state index in [0.717, 1.165) is 0 Å². The highest BCUT2D eigenvalue weighted by molar-refractivity contribution is 7.89. The third-order valence-corrected chi connectivity index (χ3v) is 5.79. The van der Waals surface area contributed by atoms with Gasteiger partial charge < -0.3 is 0 Å². The number of benzene rings is 1. The summed E-state index contributed by atoms with van der Waals surface area (Å²) in [5, 5.41) is 0. The zero-order valence-electron chi connectivity index (χ0n) is 10.8. The molecule has 2 atom stereocenters. The summed E-state index contributed by atoms with van der Waals surface area (Å²) in [7, 11) is -3.37. The van der Waals surface area contributed by atoms with Gasteiger partial charge in [0.25, 0.3) is 0 Å². The van der Waals surface area contributed by atoms with Gasteiger partial charge in [0.2, 0.25) is 10.0 Å². The first kappa shape index (κ1) is 13.3. The zero-order chi connectivity index (χ0) is 13.4. The van der Waals surface area contributed by atoms with Crippen molar-refractivity contribution < 1.29 is 8.42 Å². The summed E-state index contributed by atoms with van der Waals surface area (Å²) in [6.07, 6.45) is 1.87. The van der Waals surface area contributed by atoms with Crippen LogP contribution in [0.1, 0.15) is 13.8 Å². The molecule has 1 heterocycles. The first-order chi connectivity index (χ1) is 8.40. The van der Waals surface area contributed by atoms with Crippen molar-refractivity contribution in [3.8, 4) is 0 Å². The van der Waals surface area contributed by atoms with Crippen LogP contribution in [0.4, 0.5) is 0 Å². The van der Waals surface area contributed by atoms with Gasteiger partial charge in [-0.15, -0.1) is 6.58 Å². The average Bonchev–Trinajstić information content (AvgIpc) is 2.68. The van der Waals surface area contributed by atoms with E-state index in [0.29, 0.717) is 18.0 Å². The van der Waals surface area contributed by atoms with Crippen LogP contribution in [0, 0.1) is 11.3 Å². The summed E-state index contributed by atoms with van der Waals surface area (Å²) in [6.45, 7) is 9.03. The highest BCUT2D eigenvalue weighted by atomic mass is 32.2. The maximum atomic E-state index is 12.5. The lowest BCUT2D eigenvalue weighted by Crippen LogP contribution is -2.30. The third kappa shape index (κ3) is 2.10. The Morgan fingerprint density at radius 1 is 1.39 bits per heavy atom. The standard InChI is InChI=1S/C14H19NO2S/c1-4-14(3)11-15(10-12(14)2)18(16,17)13-8-6-5-7-9-13/h4-9,12H,1,10-11H2,2-3H3/t12-,14+/m0/s1. The highest BCUT2D eigenvalue weighted by Gasteiger charge is 2.43. The van der Waals surface area contributed by atoms with Gasteiger partial charge in [-0.05, 0) is 18.1 Å². The fraction of sp³-hybridized carbons (Fsp3) is 0.429. The molecule has 4 heteroatoms. The number of hydrogen-bond acceptors (Lipinski definition) is 2. The molecule has 18 heavy (non-hydrogen) atoms. The third-order valence-electron chi connectivity index (χ3n) is 3.97. The van der Waals surface area contributed by atoms with Crippen LogP contribution in [0.25, 0.3) is 0 Å². The Bertz CT molecular complexity index is 538. The minimum atomic E-state index is -3.37. The Hall–Kier alpha value is -1.13. The van der Waals surface area contributed by atoms with E-state index in [1.54, 1.807) is 28.6 Å². The van der Waals surface area contributed by atoms with Crippen LogP contribution in [0.2, 0.25) is 0 Å². The van der Waals surface area contributed by atoms with Gasteiger partial charge in [-0.3, -0.25) is 0 Å². The monoisotopic (exact) mass is 265 g/mol. The van der Waals surface area contributed by atoms with E-state index in [2.05, 4.69) is 20.4 Å². The average molecular weight is 265 g/mol. The smallest absolute Gasteiger partial charge is 0.207 e. The maximum Gasteiger partial charge on any atom is 0.243 e. The van der Waals surface area contributed by atoms with E-state index in [9.17, 15) is 8.42 Å². The first-order valence-corrected chi connectivity index (χ1v) is 7.53. The Labute approximate surface area is 109 Å². The normalized spacial score (nSPS) is 29.3. The lowest BCUT2D eigenvalue weighted by molar-refractivity contribution is 0.359. The predicted octanol–water partition coefficient (Wildman–Crippen LogP) is 2.52. The molecular formula is C14H19NO2S. The van der Waals surface area contributed by atoms with E-state index < -0.39 is 10.0 Å². The van der Waals surface area contributed by atoms with Gasteiger partial charge in [0.05, 0.1) is 4.90 Å². The molecule has 0 spiro atoms. The van der Waals surface area contributed by atoms with Crippen LogP contribution >= 0.6 is 0 Å². The molecular weight excluding hydrogens is 246 g/mol. The molecule has 3 nitrogen and oxygen atoms in total. The van der Waals surface area contributed by atoms with Gasteiger partial charge in [-0.1, -0.05) is 38.1 Å². The molecule has 1 aromatic carbocycles. The van der Waals surface area contributed by atoms with E-state index in [4.69, 9.17) is 0 Å². The van der Waals surface area contributed by atoms with Crippen molar-refractivity contribution in [2.75, 3.05) is 13.1 Å². The highest BCUT2D eigenvalue weighted by Crippen LogP contribution is 2.38. The zero-order valence-corrected chi connectivity index (χ0v) is 11.7. The van der Waals surface area contributed by atoms with E-state index in [-0.39, 0.29) is 11.3 Å². The van der Waals surface area contributed by atoms with E-state index in [1.807, 2.05) is 12.1 Å². The van der Waals surface area contributed by atoms with Gasteiger partial charge in [0, 0.05) is 18.5 Å². The molecule has 0 N–H and O–H groups in total. The summed E-state index contributed by atoms with van der Waals surface area (Å²) < 4.78 is 26.5. The van der Waals surface area contributed by atoms with Crippen LogP contribution in [0.3, 0.4) is 0 Å². The van der Waals surface area contributed by atoms with Crippen LogP contribution in [0.5, 0.6) is 0 Å². The van der Waals surface area contributed by atoms with Gasteiger partial charge in [0.1, 0.15) is 0 Å². The molecule has 0 radical (unpaired) electrons. The molecule has 0 aromatic heterocycles. The summed E-state index contributed by atoms with van der Waals surface area (Å²) in [5.74, 6) is 0.286. The first-order valence-electron chi connectivity index (χ1n) is 6.09. The Kier molecular flexibility index (Phi) is 3.34. The molecule has 1 saturated heterocycles. The molecule has 0 unspecified atom stereocenters. The van der Waals surface area contributed by atoms with Crippen LogP contribution < -0.4 is 0 Å². The molecule has 1 aliphatic heterocycles. The molecule has 0 aliphatic carbocycles. The Morgan fingerprint density at radius 2 is 2.00 bits per heavy atom. The fourth-order valence-electron chi connectivity index (χ4n) is 2.30. The molecule has 1 aliphatic rings. The van der Waals surface area contributed by atoms with E-state index >= 15 is 0 Å². The molecule has 2 rings (SSSR count). The van der Waals surface area contributed by atoms with Gasteiger partial charge in [0.15, 0.2) is 0 Å². The van der Waals surface area contributed by atoms with Gasteiger partial charge in [-0.2, -0.15) is 4.31 Å². The van der Waals surface area contributed by atoms with Crippen molar-refractivity contribution >= 4 is 10.0 Å². The molecule has 0 amide bonds. The summed E-state index contributed by atoms with van der Waals surface area (Å²) in [5.41, 5.74) is -0.137. The molecule has 98 valence electrons. The lowest BCUT2D eigenvalue weighted by atomic mass is 9.81. The summed E-state index contributed by atoms with van der Waals surface area (Å²) in [4.78, 5) is 0.366. The molecule has 1 aromatic rings. The van der Waals surface area contributed by atoms with Crippen LogP contribution in [0.15, 0.2) is 47.9 Å². The lowest BCUT2D eigenvalue weighted by Gasteiger charge is -2.23. The molecule has 1 fully saturated rings. The largest absolute Gasteiger partial charge is 0.243 e. The summed E-state index contributed by atoms with van der Waals surface area (Å²) in [6, 6.07) is 8.60. The minimum Gasteiger partial charge on any atom is -0.207 e. The number of sulfonamides is 1. The second kappa shape index (κ2) is 4.52.